The van der Waals surface area contributed by atoms with Gasteiger partial charge in [-0.1, -0.05) is 30.5 Å². The number of hydrogen-bond acceptors (Lipinski definition) is 4. The standard InChI is InChI=1S/C18H25N3O2S/c1-14-7-9-16(10-8-14)24(22,23)18-6-4-3-5-17(18)19-13-15-11-12-20-21(15)2/h7-12,17-19H,3-6,13H2,1-2H3/t17-,18+/m1/s1. The summed E-state index contributed by atoms with van der Waals surface area (Å²) in [7, 11) is -1.41. The molecule has 0 radical (unpaired) electrons. The van der Waals surface area contributed by atoms with Crippen LogP contribution in [-0.2, 0) is 23.4 Å². The monoisotopic (exact) mass is 347 g/mol. The minimum Gasteiger partial charge on any atom is -0.307 e. The van der Waals surface area contributed by atoms with Crippen LogP contribution in [0.3, 0.4) is 0 Å². The molecular formula is C18H25N3O2S. The van der Waals surface area contributed by atoms with Crippen LogP contribution in [0.1, 0.15) is 36.9 Å². The quantitative estimate of drug-likeness (QED) is 0.903. The predicted molar refractivity (Wildman–Crippen MR) is 94.5 cm³/mol. The third-order valence-corrected chi connectivity index (χ3v) is 7.21. The van der Waals surface area contributed by atoms with Crippen LogP contribution in [0.25, 0.3) is 0 Å². The average molecular weight is 347 g/mol. The second kappa shape index (κ2) is 7.07. The van der Waals surface area contributed by atoms with E-state index in [1.807, 2.05) is 36.9 Å². The minimum absolute atomic E-state index is 0.0139. The Kier molecular flexibility index (Phi) is 5.06. The van der Waals surface area contributed by atoms with Crippen LogP contribution in [0.4, 0.5) is 0 Å². The van der Waals surface area contributed by atoms with Gasteiger partial charge in [-0.15, -0.1) is 0 Å². The zero-order valence-electron chi connectivity index (χ0n) is 14.3. The first-order valence-electron chi connectivity index (χ1n) is 8.49. The molecule has 1 aliphatic carbocycles. The molecule has 2 aromatic rings. The van der Waals surface area contributed by atoms with Gasteiger partial charge in [0.25, 0.3) is 0 Å². The summed E-state index contributed by atoms with van der Waals surface area (Å²) in [5.41, 5.74) is 2.13. The number of nitrogens with zero attached hydrogens (tertiary/aromatic N) is 2. The summed E-state index contributed by atoms with van der Waals surface area (Å²) in [6, 6.07) is 9.15. The van der Waals surface area contributed by atoms with E-state index in [9.17, 15) is 8.42 Å². The summed E-state index contributed by atoms with van der Waals surface area (Å²) in [5, 5.41) is 7.27. The maximum absolute atomic E-state index is 13.1. The maximum Gasteiger partial charge on any atom is 0.182 e. The number of hydrogen-bond donors (Lipinski definition) is 1. The van der Waals surface area contributed by atoms with Crippen LogP contribution in [-0.4, -0.2) is 29.5 Å². The lowest BCUT2D eigenvalue weighted by molar-refractivity contribution is 0.366. The summed E-state index contributed by atoms with van der Waals surface area (Å²) < 4.78 is 28.0. The van der Waals surface area contributed by atoms with Crippen molar-refractivity contribution in [3.63, 3.8) is 0 Å². The molecule has 2 atom stereocenters. The van der Waals surface area contributed by atoms with Gasteiger partial charge in [-0.25, -0.2) is 8.42 Å². The molecule has 130 valence electrons. The SMILES string of the molecule is Cc1ccc(S(=O)(=O)[C@H]2CCCC[C@H]2NCc2ccnn2C)cc1. The molecule has 0 aliphatic heterocycles. The Hall–Kier alpha value is -1.66. The summed E-state index contributed by atoms with van der Waals surface area (Å²) in [5.74, 6) is 0. The summed E-state index contributed by atoms with van der Waals surface area (Å²) >= 11 is 0. The number of benzene rings is 1. The molecule has 24 heavy (non-hydrogen) atoms. The maximum atomic E-state index is 13.1. The minimum atomic E-state index is -3.31. The van der Waals surface area contributed by atoms with E-state index in [-0.39, 0.29) is 11.3 Å². The summed E-state index contributed by atoms with van der Waals surface area (Å²) in [6.07, 6.45) is 5.42. The molecule has 1 aromatic carbocycles. The highest BCUT2D eigenvalue weighted by Gasteiger charge is 2.36. The lowest BCUT2D eigenvalue weighted by Crippen LogP contribution is -2.46. The zero-order valence-corrected chi connectivity index (χ0v) is 15.1. The molecule has 3 rings (SSSR count). The van der Waals surface area contributed by atoms with Crippen LogP contribution in [0.15, 0.2) is 41.4 Å². The van der Waals surface area contributed by atoms with E-state index < -0.39 is 9.84 Å². The van der Waals surface area contributed by atoms with Gasteiger partial charge in [0, 0.05) is 25.8 Å². The highest BCUT2D eigenvalue weighted by atomic mass is 32.2. The van der Waals surface area contributed by atoms with Gasteiger partial charge in [0.05, 0.1) is 15.8 Å². The number of aryl methyl sites for hydroxylation is 2. The van der Waals surface area contributed by atoms with Crippen molar-refractivity contribution in [2.75, 3.05) is 0 Å². The van der Waals surface area contributed by atoms with Gasteiger partial charge in [-0.05, 0) is 38.0 Å². The molecule has 1 aliphatic rings. The van der Waals surface area contributed by atoms with Gasteiger partial charge in [0.1, 0.15) is 0 Å². The van der Waals surface area contributed by atoms with Gasteiger partial charge in [-0.3, -0.25) is 4.68 Å². The fourth-order valence-electron chi connectivity index (χ4n) is 3.41. The van der Waals surface area contributed by atoms with Crippen molar-refractivity contribution >= 4 is 9.84 Å². The van der Waals surface area contributed by atoms with E-state index in [0.29, 0.717) is 11.4 Å². The van der Waals surface area contributed by atoms with Crippen molar-refractivity contribution in [1.29, 1.82) is 0 Å². The topological polar surface area (TPSA) is 64.0 Å². The van der Waals surface area contributed by atoms with Crippen molar-refractivity contribution < 1.29 is 8.42 Å². The predicted octanol–water partition coefficient (Wildman–Crippen LogP) is 2.60. The first-order chi connectivity index (χ1) is 11.5. The Balaban J connectivity index is 1.78. The summed E-state index contributed by atoms with van der Waals surface area (Å²) in [4.78, 5) is 0.437. The van der Waals surface area contributed by atoms with E-state index in [4.69, 9.17) is 0 Å². The number of rotatable bonds is 5. The molecule has 1 heterocycles. The molecule has 0 bridgehead atoms. The molecule has 0 unspecified atom stereocenters. The molecular weight excluding hydrogens is 322 g/mol. The normalized spacial score (nSPS) is 21.8. The smallest absolute Gasteiger partial charge is 0.182 e. The number of aromatic nitrogens is 2. The van der Waals surface area contributed by atoms with Crippen LogP contribution in [0.5, 0.6) is 0 Å². The van der Waals surface area contributed by atoms with Gasteiger partial charge in [-0.2, -0.15) is 5.10 Å². The van der Waals surface area contributed by atoms with Crippen molar-refractivity contribution in [1.82, 2.24) is 15.1 Å². The lowest BCUT2D eigenvalue weighted by Gasteiger charge is -2.32. The summed E-state index contributed by atoms with van der Waals surface area (Å²) in [6.45, 7) is 2.61. The van der Waals surface area contributed by atoms with Crippen molar-refractivity contribution in [3.8, 4) is 0 Å². The molecule has 0 spiro atoms. The third kappa shape index (κ3) is 3.54. The first kappa shape index (κ1) is 17.2. The van der Waals surface area contributed by atoms with Crippen LogP contribution in [0.2, 0.25) is 0 Å². The van der Waals surface area contributed by atoms with Crippen LogP contribution >= 0.6 is 0 Å². The van der Waals surface area contributed by atoms with Crippen LogP contribution < -0.4 is 5.32 Å². The Morgan fingerprint density at radius 1 is 1.17 bits per heavy atom. The van der Waals surface area contributed by atoms with E-state index in [2.05, 4.69) is 10.4 Å². The van der Waals surface area contributed by atoms with Gasteiger partial charge in [0.15, 0.2) is 9.84 Å². The molecule has 0 amide bonds. The highest BCUT2D eigenvalue weighted by molar-refractivity contribution is 7.92. The van der Waals surface area contributed by atoms with E-state index in [0.717, 1.165) is 36.9 Å². The van der Waals surface area contributed by atoms with E-state index in [1.54, 1.807) is 18.3 Å². The zero-order chi connectivity index (χ0) is 17.2. The fourth-order valence-corrected chi connectivity index (χ4v) is 5.42. The largest absolute Gasteiger partial charge is 0.307 e. The molecule has 1 N–H and O–H groups in total. The number of nitrogens with one attached hydrogen (secondary N) is 1. The molecule has 0 saturated heterocycles. The van der Waals surface area contributed by atoms with Gasteiger partial charge >= 0.3 is 0 Å². The molecule has 1 fully saturated rings. The fraction of sp³-hybridized carbons (Fsp3) is 0.500. The van der Waals surface area contributed by atoms with E-state index in [1.165, 1.54) is 0 Å². The Labute approximate surface area is 144 Å². The van der Waals surface area contributed by atoms with Crippen molar-refractivity contribution in [2.24, 2.45) is 7.05 Å². The first-order valence-corrected chi connectivity index (χ1v) is 10.0. The van der Waals surface area contributed by atoms with Crippen molar-refractivity contribution in [2.45, 2.75) is 55.3 Å². The van der Waals surface area contributed by atoms with Crippen LogP contribution in [0, 0.1) is 6.92 Å². The average Bonchev–Trinajstić information content (AvgIpc) is 2.99. The lowest BCUT2D eigenvalue weighted by atomic mass is 9.95. The van der Waals surface area contributed by atoms with Gasteiger partial charge < -0.3 is 5.32 Å². The molecule has 1 aromatic heterocycles. The second-order valence-corrected chi connectivity index (χ2v) is 8.78. The molecule has 1 saturated carbocycles. The Bertz CT molecular complexity index is 781. The highest BCUT2D eigenvalue weighted by Crippen LogP contribution is 2.29. The third-order valence-electron chi connectivity index (χ3n) is 4.92. The van der Waals surface area contributed by atoms with E-state index >= 15 is 0 Å². The second-order valence-electron chi connectivity index (χ2n) is 6.61. The van der Waals surface area contributed by atoms with Crippen molar-refractivity contribution in [3.05, 3.63) is 47.8 Å². The molecule has 5 nitrogen and oxygen atoms in total. The Morgan fingerprint density at radius 3 is 2.54 bits per heavy atom. The molecule has 6 heteroatoms. The Morgan fingerprint density at radius 2 is 1.88 bits per heavy atom. The number of sulfone groups is 1. The van der Waals surface area contributed by atoms with Gasteiger partial charge in [0.2, 0.25) is 0 Å².